The van der Waals surface area contributed by atoms with E-state index < -0.39 is 0 Å². The van der Waals surface area contributed by atoms with Crippen LogP contribution < -0.4 is 14.4 Å². The Kier molecular flexibility index (Phi) is 3.45. The number of carbonyl (C=O) groups is 2. The Morgan fingerprint density at radius 1 is 1.19 bits per heavy atom. The average molecular weight is 290 g/mol. The summed E-state index contributed by atoms with van der Waals surface area (Å²) in [4.78, 5) is 28.1. The van der Waals surface area contributed by atoms with E-state index in [1.807, 2.05) is 0 Å². The van der Waals surface area contributed by atoms with Crippen LogP contribution in [0, 0.1) is 0 Å². The number of ether oxygens (including phenoxy) is 2. The maximum absolute atomic E-state index is 12.7. The predicted molar refractivity (Wildman–Crippen MR) is 76.6 cm³/mol. The topological polar surface area (TPSA) is 59.1 Å². The van der Waals surface area contributed by atoms with Crippen LogP contribution in [0.1, 0.15) is 12.8 Å². The molecule has 2 aliphatic heterocycles. The summed E-state index contributed by atoms with van der Waals surface area (Å²) >= 11 is 0. The fourth-order valence-corrected chi connectivity index (χ4v) is 3.02. The van der Waals surface area contributed by atoms with Crippen LogP contribution in [-0.4, -0.2) is 50.1 Å². The normalized spacial score (nSPS) is 21.5. The van der Waals surface area contributed by atoms with Crippen molar-refractivity contribution < 1.29 is 19.1 Å². The fourth-order valence-electron chi connectivity index (χ4n) is 3.02. The molecule has 0 bridgehead atoms. The molecule has 6 heteroatoms. The Labute approximate surface area is 123 Å². The van der Waals surface area contributed by atoms with E-state index in [1.54, 1.807) is 37.3 Å². The van der Waals surface area contributed by atoms with Crippen molar-refractivity contribution in [2.24, 2.45) is 0 Å². The Morgan fingerprint density at radius 2 is 2.00 bits per heavy atom. The molecule has 2 fully saturated rings. The summed E-state index contributed by atoms with van der Waals surface area (Å²) in [5.74, 6) is 1.13. The van der Waals surface area contributed by atoms with E-state index in [9.17, 15) is 9.59 Å². The van der Waals surface area contributed by atoms with Crippen LogP contribution in [0.25, 0.3) is 0 Å². The van der Waals surface area contributed by atoms with Crippen molar-refractivity contribution in [3.05, 3.63) is 18.2 Å². The van der Waals surface area contributed by atoms with Crippen LogP contribution in [0.4, 0.5) is 5.69 Å². The Balaban J connectivity index is 1.99. The van der Waals surface area contributed by atoms with E-state index in [2.05, 4.69) is 0 Å². The largest absolute Gasteiger partial charge is 0.497 e. The van der Waals surface area contributed by atoms with Gasteiger partial charge in [0.25, 0.3) is 0 Å². The molecule has 1 aromatic rings. The van der Waals surface area contributed by atoms with Gasteiger partial charge in [-0.05, 0) is 25.0 Å². The van der Waals surface area contributed by atoms with Gasteiger partial charge in [-0.25, -0.2) is 0 Å². The first-order chi connectivity index (χ1) is 10.2. The van der Waals surface area contributed by atoms with E-state index in [0.29, 0.717) is 23.7 Å². The molecule has 1 atom stereocenters. The van der Waals surface area contributed by atoms with E-state index >= 15 is 0 Å². The summed E-state index contributed by atoms with van der Waals surface area (Å²) < 4.78 is 10.5. The highest BCUT2D eigenvalue weighted by molar-refractivity contribution is 6.07. The summed E-state index contributed by atoms with van der Waals surface area (Å²) in [5.41, 5.74) is 0.585. The van der Waals surface area contributed by atoms with Crippen molar-refractivity contribution in [3.63, 3.8) is 0 Å². The van der Waals surface area contributed by atoms with E-state index in [4.69, 9.17) is 9.47 Å². The van der Waals surface area contributed by atoms with Crippen LogP contribution in [0.15, 0.2) is 18.2 Å². The van der Waals surface area contributed by atoms with Crippen molar-refractivity contribution in [1.29, 1.82) is 0 Å². The first-order valence-electron chi connectivity index (χ1n) is 6.98. The third kappa shape index (κ3) is 2.20. The minimum Gasteiger partial charge on any atom is -0.497 e. The van der Waals surface area contributed by atoms with Gasteiger partial charge < -0.3 is 14.4 Å². The molecule has 112 valence electrons. The van der Waals surface area contributed by atoms with E-state index in [-0.39, 0.29) is 24.4 Å². The number of carbonyl (C=O) groups excluding carboxylic acids is 2. The molecule has 6 nitrogen and oxygen atoms in total. The molecule has 1 aromatic carbocycles. The van der Waals surface area contributed by atoms with Crippen LogP contribution in [0.5, 0.6) is 11.5 Å². The number of hydrogen-bond acceptors (Lipinski definition) is 4. The fraction of sp³-hybridized carbons (Fsp3) is 0.467. The molecular formula is C15H18N2O4. The number of rotatable bonds is 3. The summed E-state index contributed by atoms with van der Waals surface area (Å²) in [6.45, 7) is 0.733. The van der Waals surface area contributed by atoms with E-state index in [0.717, 1.165) is 12.8 Å². The van der Waals surface area contributed by atoms with Gasteiger partial charge in [-0.15, -0.1) is 0 Å². The van der Waals surface area contributed by atoms with Crippen molar-refractivity contribution in [3.8, 4) is 11.5 Å². The lowest BCUT2D eigenvalue weighted by molar-refractivity contribution is -0.140. The summed E-state index contributed by atoms with van der Waals surface area (Å²) in [6.07, 6.45) is 1.61. The minimum absolute atomic E-state index is 0.0121. The van der Waals surface area contributed by atoms with Crippen LogP contribution in [0.2, 0.25) is 0 Å². The zero-order valence-electron chi connectivity index (χ0n) is 12.2. The number of piperazine rings is 1. The van der Waals surface area contributed by atoms with Gasteiger partial charge in [0.2, 0.25) is 11.8 Å². The molecule has 1 unspecified atom stereocenters. The standard InChI is InChI=1S/C15H18N2O4/c1-20-10-5-6-13(21-2)12(8-10)17-9-14(18)16-7-3-4-11(16)15(17)19/h5-6,8,11H,3-4,7,9H2,1-2H3. The van der Waals surface area contributed by atoms with Crippen molar-refractivity contribution in [1.82, 2.24) is 4.90 Å². The van der Waals surface area contributed by atoms with Gasteiger partial charge in [-0.3, -0.25) is 14.5 Å². The van der Waals surface area contributed by atoms with Gasteiger partial charge in [0, 0.05) is 12.6 Å². The second-order valence-electron chi connectivity index (χ2n) is 5.21. The zero-order chi connectivity index (χ0) is 15.0. The van der Waals surface area contributed by atoms with Gasteiger partial charge in [0.05, 0.1) is 19.9 Å². The van der Waals surface area contributed by atoms with Gasteiger partial charge in [0.1, 0.15) is 24.1 Å². The smallest absolute Gasteiger partial charge is 0.250 e. The number of nitrogens with zero attached hydrogens (tertiary/aromatic N) is 2. The minimum atomic E-state index is -0.331. The lowest BCUT2D eigenvalue weighted by Crippen LogP contribution is -2.57. The predicted octanol–water partition coefficient (Wildman–Crippen LogP) is 1.04. The van der Waals surface area contributed by atoms with Crippen LogP contribution >= 0.6 is 0 Å². The van der Waals surface area contributed by atoms with Crippen LogP contribution in [0.3, 0.4) is 0 Å². The lowest BCUT2D eigenvalue weighted by Gasteiger charge is -2.36. The second-order valence-corrected chi connectivity index (χ2v) is 5.21. The van der Waals surface area contributed by atoms with Gasteiger partial charge in [0.15, 0.2) is 0 Å². The molecule has 0 spiro atoms. The molecule has 2 heterocycles. The van der Waals surface area contributed by atoms with Gasteiger partial charge in [-0.2, -0.15) is 0 Å². The molecule has 0 saturated carbocycles. The van der Waals surface area contributed by atoms with Gasteiger partial charge >= 0.3 is 0 Å². The third-order valence-electron chi connectivity index (χ3n) is 4.09. The third-order valence-corrected chi connectivity index (χ3v) is 4.09. The molecule has 2 aliphatic rings. The Morgan fingerprint density at radius 3 is 2.71 bits per heavy atom. The number of amides is 2. The zero-order valence-corrected chi connectivity index (χ0v) is 12.2. The van der Waals surface area contributed by atoms with Crippen LogP contribution in [-0.2, 0) is 9.59 Å². The molecule has 0 radical (unpaired) electrons. The number of fused-ring (bicyclic) bond motifs is 1. The second kappa shape index (κ2) is 5.27. The molecule has 2 saturated heterocycles. The first kappa shape index (κ1) is 13.7. The monoisotopic (exact) mass is 290 g/mol. The summed E-state index contributed by atoms with van der Waals surface area (Å²) in [7, 11) is 3.11. The summed E-state index contributed by atoms with van der Waals surface area (Å²) in [6, 6.07) is 4.91. The molecule has 2 amide bonds. The SMILES string of the molecule is COc1ccc(OC)c(N2CC(=O)N3CCCC3C2=O)c1. The van der Waals surface area contributed by atoms with Crippen molar-refractivity contribution in [2.45, 2.75) is 18.9 Å². The Hall–Kier alpha value is -2.24. The number of hydrogen-bond donors (Lipinski definition) is 0. The number of anilines is 1. The molecule has 3 rings (SSSR count). The van der Waals surface area contributed by atoms with Crippen molar-refractivity contribution >= 4 is 17.5 Å². The van der Waals surface area contributed by atoms with E-state index in [1.165, 1.54) is 4.90 Å². The molecule has 21 heavy (non-hydrogen) atoms. The maximum Gasteiger partial charge on any atom is 0.250 e. The highest BCUT2D eigenvalue weighted by atomic mass is 16.5. The molecule has 0 N–H and O–H groups in total. The molecule has 0 aliphatic carbocycles. The summed E-state index contributed by atoms with van der Waals surface area (Å²) in [5, 5.41) is 0. The highest BCUT2D eigenvalue weighted by Gasteiger charge is 2.43. The number of benzene rings is 1. The molecular weight excluding hydrogens is 272 g/mol. The van der Waals surface area contributed by atoms with Crippen molar-refractivity contribution in [2.75, 3.05) is 32.2 Å². The quantitative estimate of drug-likeness (QED) is 0.834. The van der Waals surface area contributed by atoms with Gasteiger partial charge in [-0.1, -0.05) is 0 Å². The lowest BCUT2D eigenvalue weighted by atomic mass is 10.1. The average Bonchev–Trinajstić information content (AvgIpc) is 3.00. The number of methoxy groups -OCH3 is 2. The first-order valence-corrected chi connectivity index (χ1v) is 6.98. The molecule has 0 aromatic heterocycles. The highest BCUT2D eigenvalue weighted by Crippen LogP contribution is 2.35. The Bertz CT molecular complexity index is 587. The maximum atomic E-state index is 12.7.